The Kier molecular flexibility index (Phi) is 8.07. The van der Waals surface area contributed by atoms with E-state index < -0.39 is 0 Å². The van der Waals surface area contributed by atoms with Crippen molar-refractivity contribution in [3.05, 3.63) is 34.4 Å². The van der Waals surface area contributed by atoms with Crippen LogP contribution in [0.1, 0.15) is 149 Å². The Labute approximate surface area is 205 Å². The molecule has 0 aromatic heterocycles. The van der Waals surface area contributed by atoms with Gasteiger partial charge in [-0.25, -0.2) is 0 Å². The lowest BCUT2D eigenvalue weighted by Gasteiger charge is -2.36. The highest BCUT2D eigenvalue weighted by molar-refractivity contribution is 6.02. The van der Waals surface area contributed by atoms with Crippen LogP contribution in [0, 0.1) is 0 Å². The largest absolute Gasteiger partial charge is 0.367 e. The van der Waals surface area contributed by atoms with Gasteiger partial charge in [-0.3, -0.25) is 4.99 Å². The summed E-state index contributed by atoms with van der Waals surface area (Å²) in [7, 11) is 0. The van der Waals surface area contributed by atoms with E-state index in [1.807, 2.05) is 0 Å². The SMILES string of the molecule is CC(C)(C)c1cc(C(C)(C)C)c(C(=NC2CCCCC2)NC2CCCCC2)c(C(C)(C)C)c1. The summed E-state index contributed by atoms with van der Waals surface area (Å²) in [6, 6.07) is 6.03. The quantitative estimate of drug-likeness (QED) is 0.360. The highest BCUT2D eigenvalue weighted by atomic mass is 15.0. The molecule has 2 aliphatic rings. The maximum atomic E-state index is 5.55. The monoisotopic (exact) mass is 452 g/mol. The van der Waals surface area contributed by atoms with Gasteiger partial charge in [0.2, 0.25) is 0 Å². The van der Waals surface area contributed by atoms with E-state index in [-0.39, 0.29) is 16.2 Å². The van der Waals surface area contributed by atoms with Gasteiger partial charge < -0.3 is 5.32 Å². The van der Waals surface area contributed by atoms with Crippen molar-refractivity contribution < 1.29 is 0 Å². The van der Waals surface area contributed by atoms with Crippen LogP contribution in [0.15, 0.2) is 17.1 Å². The Bertz CT molecular complexity index is 779. The smallest absolute Gasteiger partial charge is 0.129 e. The zero-order valence-electron chi connectivity index (χ0n) is 23.3. The molecule has 2 aliphatic carbocycles. The van der Waals surface area contributed by atoms with E-state index in [9.17, 15) is 0 Å². The van der Waals surface area contributed by atoms with Crippen LogP contribution in [-0.2, 0) is 16.2 Å². The first kappa shape index (κ1) is 26.3. The number of hydrogen-bond acceptors (Lipinski definition) is 1. The third kappa shape index (κ3) is 6.86. The first-order chi connectivity index (χ1) is 15.3. The van der Waals surface area contributed by atoms with Crippen LogP contribution in [0.25, 0.3) is 0 Å². The molecule has 1 aromatic rings. The third-order valence-electron chi connectivity index (χ3n) is 7.69. The van der Waals surface area contributed by atoms with Gasteiger partial charge in [0.1, 0.15) is 5.84 Å². The number of nitrogens with zero attached hydrogens (tertiary/aromatic N) is 1. The lowest BCUT2D eigenvalue weighted by Crippen LogP contribution is -2.40. The number of rotatable bonds is 3. The van der Waals surface area contributed by atoms with Crippen molar-refractivity contribution >= 4 is 5.84 Å². The molecule has 0 radical (unpaired) electrons. The number of aliphatic imine (C=N–C) groups is 1. The summed E-state index contributed by atoms with van der Waals surface area (Å²) in [5.74, 6) is 1.20. The van der Waals surface area contributed by atoms with Gasteiger partial charge in [0.25, 0.3) is 0 Å². The van der Waals surface area contributed by atoms with Crippen molar-refractivity contribution in [2.45, 2.75) is 155 Å². The molecular formula is C31H52N2. The van der Waals surface area contributed by atoms with Crippen molar-refractivity contribution in [2.24, 2.45) is 4.99 Å². The number of amidine groups is 1. The van der Waals surface area contributed by atoms with Gasteiger partial charge in [-0.15, -0.1) is 0 Å². The molecule has 1 aromatic carbocycles. The first-order valence-corrected chi connectivity index (χ1v) is 13.8. The van der Waals surface area contributed by atoms with Crippen LogP contribution in [0.2, 0.25) is 0 Å². The predicted molar refractivity (Wildman–Crippen MR) is 146 cm³/mol. The molecule has 0 aliphatic heterocycles. The zero-order chi connectivity index (χ0) is 24.4. The minimum Gasteiger partial charge on any atom is -0.367 e. The molecule has 2 saturated carbocycles. The van der Waals surface area contributed by atoms with E-state index in [4.69, 9.17) is 4.99 Å². The molecule has 0 bridgehead atoms. The molecule has 0 heterocycles. The fourth-order valence-electron chi connectivity index (χ4n) is 5.52. The first-order valence-electron chi connectivity index (χ1n) is 13.8. The molecule has 2 nitrogen and oxygen atoms in total. The van der Waals surface area contributed by atoms with Gasteiger partial charge in [0.15, 0.2) is 0 Å². The minimum atomic E-state index is 0.0537. The maximum absolute atomic E-state index is 5.55. The molecular weight excluding hydrogens is 400 g/mol. The highest BCUT2D eigenvalue weighted by Crippen LogP contribution is 2.39. The molecule has 2 fully saturated rings. The van der Waals surface area contributed by atoms with E-state index in [0.29, 0.717) is 12.1 Å². The van der Waals surface area contributed by atoms with E-state index in [0.717, 1.165) is 0 Å². The fraction of sp³-hybridized carbons (Fsp3) is 0.774. The van der Waals surface area contributed by atoms with Crippen molar-refractivity contribution in [2.75, 3.05) is 0 Å². The lowest BCUT2D eigenvalue weighted by molar-refractivity contribution is 0.408. The minimum absolute atomic E-state index is 0.0537. The molecule has 0 spiro atoms. The summed E-state index contributed by atoms with van der Waals surface area (Å²) >= 11 is 0. The van der Waals surface area contributed by atoms with Crippen LogP contribution in [0.5, 0.6) is 0 Å². The molecule has 3 rings (SSSR count). The van der Waals surface area contributed by atoms with Gasteiger partial charge in [0.05, 0.1) is 6.04 Å². The summed E-state index contributed by atoms with van der Waals surface area (Å²) in [5, 5.41) is 4.05. The van der Waals surface area contributed by atoms with Gasteiger partial charge in [-0.1, -0.05) is 113 Å². The summed E-state index contributed by atoms with van der Waals surface area (Å²) in [6.45, 7) is 21.3. The van der Waals surface area contributed by atoms with Crippen LogP contribution in [0.4, 0.5) is 0 Å². The summed E-state index contributed by atoms with van der Waals surface area (Å²) in [4.78, 5) is 5.55. The average molecular weight is 453 g/mol. The zero-order valence-corrected chi connectivity index (χ0v) is 23.3. The predicted octanol–water partition coefficient (Wildman–Crippen LogP) is 8.58. The van der Waals surface area contributed by atoms with Crippen molar-refractivity contribution in [3.63, 3.8) is 0 Å². The van der Waals surface area contributed by atoms with Crippen LogP contribution in [-0.4, -0.2) is 17.9 Å². The molecule has 2 heteroatoms. The van der Waals surface area contributed by atoms with Crippen molar-refractivity contribution in [1.29, 1.82) is 0 Å². The van der Waals surface area contributed by atoms with Gasteiger partial charge in [0, 0.05) is 11.6 Å². The molecule has 0 amide bonds. The molecule has 0 unspecified atom stereocenters. The second kappa shape index (κ2) is 10.1. The highest BCUT2D eigenvalue weighted by Gasteiger charge is 2.32. The molecule has 1 N–H and O–H groups in total. The second-order valence-corrected chi connectivity index (χ2v) is 13.9. The molecule has 0 saturated heterocycles. The van der Waals surface area contributed by atoms with Gasteiger partial charge >= 0.3 is 0 Å². The molecule has 33 heavy (non-hydrogen) atoms. The van der Waals surface area contributed by atoms with Gasteiger partial charge in [-0.2, -0.15) is 0 Å². The third-order valence-corrected chi connectivity index (χ3v) is 7.69. The van der Waals surface area contributed by atoms with Crippen molar-refractivity contribution in [1.82, 2.24) is 5.32 Å². The maximum Gasteiger partial charge on any atom is 0.129 e. The van der Waals surface area contributed by atoms with Crippen molar-refractivity contribution in [3.8, 4) is 0 Å². The Morgan fingerprint density at radius 1 is 0.667 bits per heavy atom. The van der Waals surface area contributed by atoms with Crippen LogP contribution in [0.3, 0.4) is 0 Å². The molecule has 0 atom stereocenters. The van der Waals surface area contributed by atoms with Crippen LogP contribution >= 0.6 is 0 Å². The normalized spacial score (nSPS) is 20.2. The average Bonchev–Trinajstić information content (AvgIpc) is 2.72. The second-order valence-electron chi connectivity index (χ2n) is 13.9. The number of nitrogens with one attached hydrogen (secondary N) is 1. The fourth-order valence-corrected chi connectivity index (χ4v) is 5.52. The van der Waals surface area contributed by atoms with E-state index in [2.05, 4.69) is 79.8 Å². The Morgan fingerprint density at radius 2 is 1.12 bits per heavy atom. The van der Waals surface area contributed by atoms with E-state index >= 15 is 0 Å². The van der Waals surface area contributed by atoms with E-state index in [1.54, 1.807) is 0 Å². The Balaban J connectivity index is 2.24. The molecule has 186 valence electrons. The number of hydrogen-bond donors (Lipinski definition) is 1. The summed E-state index contributed by atoms with van der Waals surface area (Å²) in [5.41, 5.74) is 5.98. The summed E-state index contributed by atoms with van der Waals surface area (Å²) < 4.78 is 0. The number of benzene rings is 1. The Morgan fingerprint density at radius 3 is 1.55 bits per heavy atom. The standard InChI is InChI=1S/C31H52N2/c1-29(2,3)22-20-25(30(4,5)6)27(26(21-22)31(7,8)9)28(32-23-16-12-10-13-17-23)33-24-18-14-11-15-19-24/h20-21,23-24H,10-19H2,1-9H3,(H,32,33). The van der Waals surface area contributed by atoms with E-state index in [1.165, 1.54) is 92.3 Å². The topological polar surface area (TPSA) is 24.4 Å². The van der Waals surface area contributed by atoms with Crippen LogP contribution < -0.4 is 5.32 Å². The Hall–Kier alpha value is -1.31. The summed E-state index contributed by atoms with van der Waals surface area (Å²) in [6.07, 6.45) is 13.1. The van der Waals surface area contributed by atoms with Gasteiger partial charge in [-0.05, 0) is 58.6 Å². The lowest BCUT2D eigenvalue weighted by atomic mass is 9.72.